The first-order valence-electron chi connectivity index (χ1n) is 19.0. The molecule has 0 unspecified atom stereocenters. The predicted octanol–water partition coefficient (Wildman–Crippen LogP) is 13.4. The average Bonchev–Trinajstić information content (AvgIpc) is 3.63. The SMILES string of the molecule is Cc1cc(C)c(O)c(-c2nc3c(-c4cc(-c5ccccc5)cc(-c5cc(-c6ccccc6)ccn5)c4)cccc3n2-c2cc(C)c(C)c(-c3ccccc3)c2)c1. The number of para-hydroxylation sites is 1. The molecule has 0 fully saturated rings. The van der Waals surface area contributed by atoms with E-state index in [1.54, 1.807) is 0 Å². The van der Waals surface area contributed by atoms with E-state index >= 15 is 0 Å². The molecular weight excluding hydrogens is 683 g/mol. The topological polar surface area (TPSA) is 50.9 Å². The Labute approximate surface area is 328 Å². The van der Waals surface area contributed by atoms with Crippen molar-refractivity contribution in [2.75, 3.05) is 0 Å². The Kier molecular flexibility index (Phi) is 8.87. The summed E-state index contributed by atoms with van der Waals surface area (Å²) in [6, 6.07) is 57.4. The number of fused-ring (bicyclic) bond motifs is 1. The molecule has 9 rings (SSSR count). The maximum absolute atomic E-state index is 11.7. The number of hydrogen-bond acceptors (Lipinski definition) is 3. The second kappa shape index (κ2) is 14.3. The number of aromatic hydroxyl groups is 1. The van der Waals surface area contributed by atoms with E-state index in [9.17, 15) is 5.11 Å². The number of pyridine rings is 1. The fraction of sp³-hybridized carbons (Fsp3) is 0.0769. The number of aromatic nitrogens is 3. The fourth-order valence-electron chi connectivity index (χ4n) is 7.92. The van der Waals surface area contributed by atoms with E-state index in [-0.39, 0.29) is 5.75 Å². The number of nitrogens with zero attached hydrogens (tertiary/aromatic N) is 3. The summed E-state index contributed by atoms with van der Waals surface area (Å²) >= 11 is 0. The van der Waals surface area contributed by atoms with Crippen LogP contribution >= 0.6 is 0 Å². The average molecular weight is 724 g/mol. The van der Waals surface area contributed by atoms with Gasteiger partial charge in [0.2, 0.25) is 0 Å². The number of rotatable bonds is 7. The molecule has 56 heavy (non-hydrogen) atoms. The molecule has 0 saturated heterocycles. The number of hydrogen-bond donors (Lipinski definition) is 1. The Morgan fingerprint density at radius 3 is 1.82 bits per heavy atom. The Bertz CT molecular complexity index is 2890. The van der Waals surface area contributed by atoms with Crippen LogP contribution in [0.5, 0.6) is 5.75 Å². The van der Waals surface area contributed by atoms with Crippen LogP contribution in [0, 0.1) is 27.7 Å². The van der Waals surface area contributed by atoms with Crippen LogP contribution in [-0.4, -0.2) is 19.6 Å². The van der Waals surface area contributed by atoms with E-state index in [0.717, 1.165) is 78.0 Å². The lowest BCUT2D eigenvalue weighted by Crippen LogP contribution is -2.01. The van der Waals surface area contributed by atoms with Gasteiger partial charge in [-0.05, 0) is 143 Å². The van der Waals surface area contributed by atoms with Gasteiger partial charge in [0.15, 0.2) is 0 Å². The van der Waals surface area contributed by atoms with Crippen molar-refractivity contribution in [3.8, 4) is 78.6 Å². The Balaban J connectivity index is 1.31. The molecule has 270 valence electrons. The minimum atomic E-state index is 0.235. The maximum atomic E-state index is 11.7. The molecule has 0 aliphatic heterocycles. The molecule has 7 aromatic carbocycles. The van der Waals surface area contributed by atoms with Crippen LogP contribution in [0.3, 0.4) is 0 Å². The van der Waals surface area contributed by atoms with Crippen LogP contribution in [0.4, 0.5) is 0 Å². The highest BCUT2D eigenvalue weighted by molar-refractivity contribution is 5.98. The summed E-state index contributed by atoms with van der Waals surface area (Å²) in [5, 5.41) is 11.7. The van der Waals surface area contributed by atoms with Gasteiger partial charge in [-0.3, -0.25) is 9.55 Å². The molecule has 0 aliphatic rings. The first-order chi connectivity index (χ1) is 27.3. The van der Waals surface area contributed by atoms with Crippen LogP contribution in [0.25, 0.3) is 83.9 Å². The van der Waals surface area contributed by atoms with Gasteiger partial charge in [-0.15, -0.1) is 0 Å². The molecule has 2 heterocycles. The molecule has 4 nitrogen and oxygen atoms in total. The van der Waals surface area contributed by atoms with Gasteiger partial charge in [-0.2, -0.15) is 0 Å². The third-order valence-corrected chi connectivity index (χ3v) is 10.9. The standard InChI is InChI=1S/C52H41N3O/c1-33-25-35(3)51(56)47(26-33)52-54-50-45(21-14-22-49(50)55(52)44-27-34(2)36(4)46(32-44)39-19-12-7-13-20-39)42-28-41(38-17-10-6-11-18-38)29-43(30-42)48-31-40(23-24-53-48)37-15-8-5-9-16-37/h5-32,56H,1-4H3. The van der Waals surface area contributed by atoms with Crippen LogP contribution in [0.15, 0.2) is 170 Å². The van der Waals surface area contributed by atoms with Crippen molar-refractivity contribution in [1.29, 1.82) is 0 Å². The van der Waals surface area contributed by atoms with Crippen molar-refractivity contribution >= 4 is 11.0 Å². The van der Waals surface area contributed by atoms with Crippen LogP contribution in [0.2, 0.25) is 0 Å². The van der Waals surface area contributed by atoms with E-state index < -0.39 is 0 Å². The largest absolute Gasteiger partial charge is 0.507 e. The van der Waals surface area contributed by atoms with Crippen LogP contribution < -0.4 is 0 Å². The summed E-state index contributed by atoms with van der Waals surface area (Å²) in [6.45, 7) is 8.37. The van der Waals surface area contributed by atoms with Gasteiger partial charge in [0.05, 0.1) is 22.3 Å². The molecule has 0 amide bonds. The molecule has 0 radical (unpaired) electrons. The van der Waals surface area contributed by atoms with E-state index in [0.29, 0.717) is 11.4 Å². The molecule has 0 saturated carbocycles. The zero-order valence-electron chi connectivity index (χ0n) is 32.0. The van der Waals surface area contributed by atoms with Crippen molar-refractivity contribution in [2.24, 2.45) is 0 Å². The normalized spacial score (nSPS) is 11.3. The molecule has 0 atom stereocenters. The van der Waals surface area contributed by atoms with Crippen molar-refractivity contribution in [1.82, 2.24) is 14.5 Å². The highest BCUT2D eigenvalue weighted by Crippen LogP contribution is 2.42. The molecule has 4 heteroatoms. The van der Waals surface area contributed by atoms with Gasteiger partial charge < -0.3 is 5.11 Å². The maximum Gasteiger partial charge on any atom is 0.149 e. The summed E-state index contributed by atoms with van der Waals surface area (Å²) < 4.78 is 2.22. The number of aryl methyl sites for hydroxylation is 3. The summed E-state index contributed by atoms with van der Waals surface area (Å²) in [5.41, 5.74) is 18.5. The molecule has 0 aliphatic carbocycles. The summed E-state index contributed by atoms with van der Waals surface area (Å²) in [5.74, 6) is 0.925. The zero-order chi connectivity index (χ0) is 38.3. The first-order valence-corrected chi connectivity index (χ1v) is 19.0. The number of imidazole rings is 1. The van der Waals surface area contributed by atoms with E-state index in [4.69, 9.17) is 9.97 Å². The molecule has 9 aromatic rings. The van der Waals surface area contributed by atoms with Crippen LogP contribution in [0.1, 0.15) is 22.3 Å². The number of benzene rings is 7. The van der Waals surface area contributed by atoms with E-state index in [1.165, 1.54) is 16.7 Å². The van der Waals surface area contributed by atoms with E-state index in [1.807, 2.05) is 37.4 Å². The lowest BCUT2D eigenvalue weighted by atomic mass is 9.93. The third-order valence-electron chi connectivity index (χ3n) is 10.9. The molecule has 0 bridgehead atoms. The van der Waals surface area contributed by atoms with Crippen molar-refractivity contribution in [3.05, 3.63) is 192 Å². The first kappa shape index (κ1) is 34.7. The Morgan fingerprint density at radius 2 is 1.11 bits per heavy atom. The van der Waals surface area contributed by atoms with Crippen molar-refractivity contribution in [3.63, 3.8) is 0 Å². The highest BCUT2D eigenvalue weighted by Gasteiger charge is 2.23. The van der Waals surface area contributed by atoms with Crippen molar-refractivity contribution in [2.45, 2.75) is 27.7 Å². The molecule has 2 aromatic heterocycles. The summed E-state index contributed by atoms with van der Waals surface area (Å²) in [6.07, 6.45) is 1.89. The van der Waals surface area contributed by atoms with Gasteiger partial charge >= 0.3 is 0 Å². The molecular formula is C52H41N3O. The monoisotopic (exact) mass is 723 g/mol. The second-order valence-electron chi connectivity index (χ2n) is 14.7. The lowest BCUT2D eigenvalue weighted by molar-refractivity contribution is 0.472. The number of phenolic OH excluding ortho intramolecular Hbond substituents is 1. The van der Waals surface area contributed by atoms with Gasteiger partial charge in [0.1, 0.15) is 11.6 Å². The summed E-state index contributed by atoms with van der Waals surface area (Å²) in [7, 11) is 0. The van der Waals surface area contributed by atoms with Crippen molar-refractivity contribution < 1.29 is 5.11 Å². The number of phenols is 1. The van der Waals surface area contributed by atoms with E-state index in [2.05, 4.69) is 165 Å². The lowest BCUT2D eigenvalue weighted by Gasteiger charge is -2.17. The third kappa shape index (κ3) is 6.35. The smallest absolute Gasteiger partial charge is 0.149 e. The van der Waals surface area contributed by atoms with Gasteiger partial charge in [0, 0.05) is 23.0 Å². The highest BCUT2D eigenvalue weighted by atomic mass is 16.3. The minimum Gasteiger partial charge on any atom is -0.507 e. The predicted molar refractivity (Wildman–Crippen MR) is 232 cm³/mol. The minimum absolute atomic E-state index is 0.235. The quantitative estimate of drug-likeness (QED) is 0.178. The molecule has 0 spiro atoms. The second-order valence-corrected chi connectivity index (χ2v) is 14.7. The van der Waals surface area contributed by atoms with Gasteiger partial charge in [-0.1, -0.05) is 109 Å². The van der Waals surface area contributed by atoms with Gasteiger partial charge in [-0.25, -0.2) is 4.98 Å². The zero-order valence-corrected chi connectivity index (χ0v) is 32.0. The molecule has 1 N–H and O–H groups in total. The Hall–Kier alpha value is -7.04. The summed E-state index contributed by atoms with van der Waals surface area (Å²) in [4.78, 5) is 10.4. The fourth-order valence-corrected chi connectivity index (χ4v) is 7.92. The van der Waals surface area contributed by atoms with Gasteiger partial charge in [0.25, 0.3) is 0 Å². The van der Waals surface area contributed by atoms with Crippen LogP contribution in [-0.2, 0) is 0 Å². The Morgan fingerprint density at radius 1 is 0.464 bits per heavy atom.